The minimum Gasteiger partial charge on any atom is -0.497 e. The predicted octanol–water partition coefficient (Wildman–Crippen LogP) is 3.29. The van der Waals surface area contributed by atoms with Gasteiger partial charge in [-0.3, -0.25) is 4.98 Å². The van der Waals surface area contributed by atoms with Crippen molar-refractivity contribution in [3.63, 3.8) is 0 Å². The number of fused-ring (bicyclic) bond motifs is 1. The van der Waals surface area contributed by atoms with E-state index >= 15 is 0 Å². The van der Waals surface area contributed by atoms with E-state index in [1.165, 1.54) is 0 Å². The Morgan fingerprint density at radius 1 is 1.00 bits per heavy atom. The number of hydrogen-bond acceptors (Lipinski definition) is 3. The molecule has 2 N–H and O–H groups in total. The molecule has 1 unspecified atom stereocenters. The zero-order valence-electron chi connectivity index (χ0n) is 11.3. The summed E-state index contributed by atoms with van der Waals surface area (Å²) in [6.07, 6.45) is 1.80. The first-order chi connectivity index (χ1) is 9.78. The van der Waals surface area contributed by atoms with Crippen LogP contribution < -0.4 is 10.5 Å². The molecule has 0 bridgehead atoms. The molecule has 0 spiro atoms. The molecule has 3 rings (SSSR count). The van der Waals surface area contributed by atoms with Gasteiger partial charge in [0.25, 0.3) is 0 Å². The second kappa shape index (κ2) is 5.31. The summed E-state index contributed by atoms with van der Waals surface area (Å²) >= 11 is 0. The number of hydrogen-bond donors (Lipinski definition) is 1. The number of benzene rings is 2. The molecule has 0 aliphatic carbocycles. The monoisotopic (exact) mass is 264 g/mol. The predicted molar refractivity (Wildman–Crippen MR) is 80.8 cm³/mol. The fraction of sp³-hybridized carbons (Fsp3) is 0.118. The Hall–Kier alpha value is -2.39. The van der Waals surface area contributed by atoms with Crippen LogP contribution in [0.5, 0.6) is 5.75 Å². The fourth-order valence-corrected chi connectivity index (χ4v) is 2.28. The third-order valence-electron chi connectivity index (χ3n) is 3.46. The number of pyridine rings is 1. The van der Waals surface area contributed by atoms with Crippen molar-refractivity contribution in [2.75, 3.05) is 7.11 Å². The Morgan fingerprint density at radius 3 is 2.50 bits per heavy atom. The van der Waals surface area contributed by atoms with Crippen molar-refractivity contribution < 1.29 is 4.74 Å². The van der Waals surface area contributed by atoms with E-state index in [0.29, 0.717) is 0 Å². The second-order valence-electron chi connectivity index (χ2n) is 4.71. The molecular formula is C17H16N2O. The summed E-state index contributed by atoms with van der Waals surface area (Å²) in [7, 11) is 1.66. The van der Waals surface area contributed by atoms with Crippen molar-refractivity contribution in [2.24, 2.45) is 5.73 Å². The molecule has 100 valence electrons. The number of aromatic nitrogens is 1. The van der Waals surface area contributed by atoms with Crippen molar-refractivity contribution in [3.8, 4) is 5.75 Å². The van der Waals surface area contributed by atoms with Crippen LogP contribution in [0.4, 0.5) is 0 Å². The molecule has 0 saturated carbocycles. The maximum atomic E-state index is 6.33. The lowest BCUT2D eigenvalue weighted by Crippen LogP contribution is -2.11. The molecule has 0 aliphatic heterocycles. The Bertz CT molecular complexity index is 722. The van der Waals surface area contributed by atoms with Crippen LogP contribution in [0.2, 0.25) is 0 Å². The fourth-order valence-electron chi connectivity index (χ4n) is 2.28. The normalized spacial score (nSPS) is 12.3. The molecule has 1 heterocycles. The van der Waals surface area contributed by atoms with Gasteiger partial charge in [0.2, 0.25) is 0 Å². The van der Waals surface area contributed by atoms with E-state index in [0.717, 1.165) is 27.8 Å². The highest BCUT2D eigenvalue weighted by Gasteiger charge is 2.09. The van der Waals surface area contributed by atoms with E-state index in [1.54, 1.807) is 13.3 Å². The second-order valence-corrected chi connectivity index (χ2v) is 4.71. The number of rotatable bonds is 3. The van der Waals surface area contributed by atoms with Crippen LogP contribution in [0, 0.1) is 0 Å². The van der Waals surface area contributed by atoms with Crippen LogP contribution in [0.15, 0.2) is 60.8 Å². The standard InChI is InChI=1S/C17H16N2O/c1-20-15-8-6-13(7-9-15)17(18)14-5-4-12-3-2-10-19-16(12)11-14/h2-11,17H,18H2,1H3. The van der Waals surface area contributed by atoms with E-state index in [-0.39, 0.29) is 6.04 Å². The van der Waals surface area contributed by atoms with Crippen LogP contribution >= 0.6 is 0 Å². The summed E-state index contributed by atoms with van der Waals surface area (Å²) in [5, 5.41) is 1.12. The molecule has 0 fully saturated rings. The lowest BCUT2D eigenvalue weighted by Gasteiger charge is -2.13. The lowest BCUT2D eigenvalue weighted by molar-refractivity contribution is 0.414. The maximum absolute atomic E-state index is 6.33. The zero-order chi connectivity index (χ0) is 13.9. The van der Waals surface area contributed by atoms with Crippen molar-refractivity contribution in [2.45, 2.75) is 6.04 Å². The van der Waals surface area contributed by atoms with Gasteiger partial charge < -0.3 is 10.5 Å². The van der Waals surface area contributed by atoms with Crippen LogP contribution in [-0.4, -0.2) is 12.1 Å². The number of methoxy groups -OCH3 is 1. The Kier molecular flexibility index (Phi) is 3.35. The van der Waals surface area contributed by atoms with Crippen LogP contribution in [-0.2, 0) is 0 Å². The molecule has 0 amide bonds. The van der Waals surface area contributed by atoms with E-state index in [4.69, 9.17) is 10.5 Å². The molecule has 1 atom stereocenters. The Morgan fingerprint density at radius 2 is 1.75 bits per heavy atom. The van der Waals surface area contributed by atoms with E-state index in [2.05, 4.69) is 17.1 Å². The Labute approximate surface area is 118 Å². The van der Waals surface area contributed by atoms with Gasteiger partial charge in [-0.05, 0) is 35.4 Å². The summed E-state index contributed by atoms with van der Waals surface area (Å²) in [5.41, 5.74) is 9.41. The van der Waals surface area contributed by atoms with E-state index in [1.807, 2.05) is 42.5 Å². The molecule has 0 saturated heterocycles. The van der Waals surface area contributed by atoms with Crippen molar-refractivity contribution in [3.05, 3.63) is 71.9 Å². The molecule has 1 aromatic heterocycles. The molecule has 0 radical (unpaired) electrons. The first-order valence-corrected chi connectivity index (χ1v) is 6.52. The highest BCUT2D eigenvalue weighted by Crippen LogP contribution is 2.24. The van der Waals surface area contributed by atoms with Gasteiger partial charge in [0.1, 0.15) is 5.75 Å². The van der Waals surface area contributed by atoms with E-state index in [9.17, 15) is 0 Å². The largest absolute Gasteiger partial charge is 0.497 e. The van der Waals surface area contributed by atoms with Gasteiger partial charge in [-0.15, -0.1) is 0 Å². The maximum Gasteiger partial charge on any atom is 0.118 e. The third kappa shape index (κ3) is 2.36. The van der Waals surface area contributed by atoms with E-state index < -0.39 is 0 Å². The lowest BCUT2D eigenvalue weighted by atomic mass is 9.98. The first kappa shape index (κ1) is 12.6. The van der Waals surface area contributed by atoms with Gasteiger partial charge in [0.15, 0.2) is 0 Å². The van der Waals surface area contributed by atoms with Gasteiger partial charge in [-0.25, -0.2) is 0 Å². The highest BCUT2D eigenvalue weighted by molar-refractivity contribution is 5.79. The number of nitrogens with two attached hydrogens (primary N) is 1. The van der Waals surface area contributed by atoms with Gasteiger partial charge in [-0.1, -0.05) is 30.3 Å². The summed E-state index contributed by atoms with van der Waals surface area (Å²) in [4.78, 5) is 4.37. The molecule has 2 aromatic carbocycles. The topological polar surface area (TPSA) is 48.1 Å². The summed E-state index contributed by atoms with van der Waals surface area (Å²) in [6, 6.07) is 17.8. The summed E-state index contributed by atoms with van der Waals surface area (Å²) < 4.78 is 5.16. The van der Waals surface area contributed by atoms with Crippen molar-refractivity contribution in [1.82, 2.24) is 4.98 Å². The Balaban J connectivity index is 1.96. The molecule has 3 heteroatoms. The molecule has 20 heavy (non-hydrogen) atoms. The quantitative estimate of drug-likeness (QED) is 0.789. The summed E-state index contributed by atoms with van der Waals surface area (Å²) in [6.45, 7) is 0. The first-order valence-electron chi connectivity index (χ1n) is 6.52. The van der Waals surface area contributed by atoms with Crippen LogP contribution in [0.1, 0.15) is 17.2 Å². The zero-order valence-corrected chi connectivity index (χ0v) is 11.3. The molecule has 3 aromatic rings. The van der Waals surface area contributed by atoms with Gasteiger partial charge in [0, 0.05) is 11.6 Å². The SMILES string of the molecule is COc1ccc(C(N)c2ccc3cccnc3c2)cc1. The molecular weight excluding hydrogens is 248 g/mol. The van der Waals surface area contributed by atoms with Crippen molar-refractivity contribution >= 4 is 10.9 Å². The highest BCUT2D eigenvalue weighted by atomic mass is 16.5. The average Bonchev–Trinajstić information content (AvgIpc) is 2.54. The van der Waals surface area contributed by atoms with Gasteiger partial charge >= 0.3 is 0 Å². The minimum atomic E-state index is -0.160. The third-order valence-corrected chi connectivity index (χ3v) is 3.46. The van der Waals surface area contributed by atoms with Crippen molar-refractivity contribution in [1.29, 1.82) is 0 Å². The number of nitrogens with zero attached hydrogens (tertiary/aromatic N) is 1. The minimum absolute atomic E-state index is 0.160. The van der Waals surface area contributed by atoms with Crippen LogP contribution in [0.25, 0.3) is 10.9 Å². The van der Waals surface area contributed by atoms with Gasteiger partial charge in [0.05, 0.1) is 18.7 Å². The molecule has 3 nitrogen and oxygen atoms in total. The molecule has 0 aliphatic rings. The number of ether oxygens (including phenoxy) is 1. The smallest absolute Gasteiger partial charge is 0.118 e. The average molecular weight is 264 g/mol. The van der Waals surface area contributed by atoms with Gasteiger partial charge in [-0.2, -0.15) is 0 Å². The van der Waals surface area contributed by atoms with Crippen LogP contribution in [0.3, 0.4) is 0 Å². The summed E-state index contributed by atoms with van der Waals surface area (Å²) in [5.74, 6) is 0.834.